The average molecular weight is 101 g/mol. The van der Waals surface area contributed by atoms with Crippen LogP contribution >= 0.6 is 0 Å². The molecule has 3 nitrogen and oxygen atoms in total. The summed E-state index contributed by atoms with van der Waals surface area (Å²) in [6, 6.07) is 0. The molecule has 0 saturated carbocycles. The van der Waals surface area contributed by atoms with E-state index in [1.165, 1.54) is 20.4 Å². The first-order valence-corrected chi connectivity index (χ1v) is 1.78. The van der Waals surface area contributed by atoms with Crippen LogP contribution in [-0.4, -0.2) is 31.2 Å². The zero-order valence-electron chi connectivity index (χ0n) is 4.26. The summed E-state index contributed by atoms with van der Waals surface area (Å²) in [5.74, 6) is -0.625. The molecule has 0 rings (SSSR count). The minimum absolute atomic E-state index is 0.625. The van der Waals surface area contributed by atoms with Crippen molar-refractivity contribution >= 4 is 12.2 Å². The molecule has 0 aromatic carbocycles. The monoisotopic (exact) mass is 101 g/mol. The van der Waals surface area contributed by atoms with Crippen LogP contribution in [0.25, 0.3) is 0 Å². The summed E-state index contributed by atoms with van der Waals surface area (Å²) < 4.78 is 0. The van der Waals surface area contributed by atoms with Crippen LogP contribution in [0.15, 0.2) is 0 Å². The van der Waals surface area contributed by atoms with Gasteiger partial charge in [-0.05, 0) is 0 Å². The normalized spacial score (nSPS) is 7.71. The average Bonchev–Trinajstić information content (AvgIpc) is 1.65. The zero-order chi connectivity index (χ0) is 5.86. The third-order valence-corrected chi connectivity index (χ3v) is 0.493. The van der Waals surface area contributed by atoms with Gasteiger partial charge in [0.05, 0.1) is 0 Å². The standard InChI is InChI=1S/C4H6NO2/c1-5(2)4(7)3-6/h1-2H3/i3+1. The predicted molar refractivity (Wildman–Crippen MR) is 24.4 cm³/mol. The summed E-state index contributed by atoms with van der Waals surface area (Å²) in [5, 5.41) is 0. The summed E-state index contributed by atoms with van der Waals surface area (Å²) in [7, 11) is 2.99. The van der Waals surface area contributed by atoms with Crippen molar-refractivity contribution in [3.8, 4) is 0 Å². The molecule has 0 aliphatic rings. The van der Waals surface area contributed by atoms with E-state index < -0.39 is 5.91 Å². The molecule has 0 heterocycles. The first-order valence-electron chi connectivity index (χ1n) is 1.78. The minimum Gasteiger partial charge on any atom is -0.342 e. The molecule has 0 atom stereocenters. The van der Waals surface area contributed by atoms with E-state index in [1.54, 1.807) is 0 Å². The van der Waals surface area contributed by atoms with Crippen LogP contribution in [0.4, 0.5) is 0 Å². The van der Waals surface area contributed by atoms with Gasteiger partial charge >= 0.3 is 0 Å². The van der Waals surface area contributed by atoms with Crippen molar-refractivity contribution in [2.24, 2.45) is 0 Å². The van der Waals surface area contributed by atoms with Gasteiger partial charge in [-0.3, -0.25) is 9.59 Å². The number of rotatable bonds is 1. The van der Waals surface area contributed by atoms with Crippen molar-refractivity contribution < 1.29 is 9.59 Å². The molecule has 7 heavy (non-hydrogen) atoms. The fraction of sp³-hybridized carbons (Fsp3) is 0.500. The first-order chi connectivity index (χ1) is 3.18. The highest BCUT2D eigenvalue weighted by atomic mass is 16.2. The van der Waals surface area contributed by atoms with Crippen molar-refractivity contribution in [3.05, 3.63) is 0 Å². The Morgan fingerprint density at radius 2 is 2.00 bits per heavy atom. The second-order valence-electron chi connectivity index (χ2n) is 1.30. The Bertz CT molecular complexity index is 87.7. The topological polar surface area (TPSA) is 37.4 Å². The van der Waals surface area contributed by atoms with Crippen molar-refractivity contribution in [3.63, 3.8) is 0 Å². The maximum atomic E-state index is 10.0. The fourth-order valence-electron chi connectivity index (χ4n) is 0.0913. The molecule has 1 radical (unpaired) electrons. The molecule has 0 aliphatic carbocycles. The van der Waals surface area contributed by atoms with Gasteiger partial charge in [0.25, 0.3) is 12.2 Å². The van der Waals surface area contributed by atoms with Crippen LogP contribution in [0.3, 0.4) is 0 Å². The lowest BCUT2D eigenvalue weighted by Gasteiger charge is -2.00. The first kappa shape index (κ1) is 6.14. The molecule has 1 amide bonds. The highest BCUT2D eigenvalue weighted by molar-refractivity contribution is 6.23. The summed E-state index contributed by atoms with van der Waals surface area (Å²) in [6.45, 7) is 0. The largest absolute Gasteiger partial charge is 0.342 e. The van der Waals surface area contributed by atoms with Gasteiger partial charge in [-0.1, -0.05) is 0 Å². The van der Waals surface area contributed by atoms with Gasteiger partial charge in [-0.2, -0.15) is 0 Å². The fourth-order valence-corrected chi connectivity index (χ4v) is 0.0913. The molecule has 0 unspecified atom stereocenters. The smallest absolute Gasteiger partial charge is 0.298 e. The molecule has 0 fully saturated rings. The van der Waals surface area contributed by atoms with Crippen molar-refractivity contribution in [2.75, 3.05) is 14.1 Å². The Hall–Kier alpha value is -0.860. The summed E-state index contributed by atoms with van der Waals surface area (Å²) in [4.78, 5) is 20.6. The molecule has 0 N–H and O–H groups in total. The molecule has 0 bridgehead atoms. The van der Waals surface area contributed by atoms with Crippen LogP contribution in [0.1, 0.15) is 0 Å². The third-order valence-electron chi connectivity index (χ3n) is 0.493. The second kappa shape index (κ2) is 2.34. The van der Waals surface area contributed by atoms with E-state index in [1.807, 2.05) is 0 Å². The van der Waals surface area contributed by atoms with Crippen molar-refractivity contribution in [1.29, 1.82) is 0 Å². The number of amides is 1. The Kier molecular flexibility index (Phi) is 2.05. The van der Waals surface area contributed by atoms with Gasteiger partial charge < -0.3 is 4.90 Å². The molecular weight excluding hydrogens is 95.0 g/mol. The second-order valence-corrected chi connectivity index (χ2v) is 1.30. The Labute approximate surface area is 41.9 Å². The van der Waals surface area contributed by atoms with E-state index in [-0.39, 0.29) is 0 Å². The Morgan fingerprint density at radius 1 is 1.57 bits per heavy atom. The van der Waals surface area contributed by atoms with Crippen molar-refractivity contribution in [2.45, 2.75) is 0 Å². The molecule has 0 aromatic rings. The highest BCUT2D eigenvalue weighted by Gasteiger charge is 1.98. The van der Waals surface area contributed by atoms with E-state index in [0.717, 1.165) is 4.90 Å². The zero-order valence-corrected chi connectivity index (χ0v) is 4.26. The van der Waals surface area contributed by atoms with Crippen molar-refractivity contribution in [1.82, 2.24) is 4.90 Å². The molecule has 0 spiro atoms. The number of carbonyl (C=O) groups is 1. The molecule has 0 saturated heterocycles. The third kappa shape index (κ3) is 1.92. The van der Waals surface area contributed by atoms with E-state index in [2.05, 4.69) is 0 Å². The van der Waals surface area contributed by atoms with Crippen LogP contribution in [-0.2, 0) is 9.59 Å². The SMILES string of the molecule is CN(C)C(=O)[13C]=O. The van der Waals surface area contributed by atoms with E-state index in [9.17, 15) is 9.59 Å². The molecule has 0 aliphatic heterocycles. The summed E-state index contributed by atoms with van der Waals surface area (Å²) in [6.07, 6.45) is 1.20. The Balaban J connectivity index is 3.56. The van der Waals surface area contributed by atoms with Gasteiger partial charge in [0.15, 0.2) is 0 Å². The lowest BCUT2D eigenvalue weighted by molar-refractivity contribution is -0.121. The van der Waals surface area contributed by atoms with Gasteiger partial charge in [-0.25, -0.2) is 0 Å². The van der Waals surface area contributed by atoms with Gasteiger partial charge in [-0.15, -0.1) is 0 Å². The van der Waals surface area contributed by atoms with E-state index >= 15 is 0 Å². The number of hydrogen-bond donors (Lipinski definition) is 0. The molecular formula is C4H6NO2. The highest BCUT2D eigenvalue weighted by Crippen LogP contribution is 1.68. The lowest BCUT2D eigenvalue weighted by atomic mass is 10.8. The lowest BCUT2D eigenvalue weighted by Crippen LogP contribution is -2.21. The van der Waals surface area contributed by atoms with E-state index in [4.69, 9.17) is 0 Å². The van der Waals surface area contributed by atoms with E-state index in [0.29, 0.717) is 0 Å². The molecule has 0 aromatic heterocycles. The van der Waals surface area contributed by atoms with Crippen LogP contribution < -0.4 is 0 Å². The van der Waals surface area contributed by atoms with Crippen LogP contribution in [0, 0.1) is 0 Å². The number of carbonyl (C=O) groups excluding carboxylic acids is 2. The maximum Gasteiger partial charge on any atom is 0.298 e. The molecule has 39 valence electrons. The quantitative estimate of drug-likeness (QED) is 0.320. The summed E-state index contributed by atoms with van der Waals surface area (Å²) in [5.41, 5.74) is 0. The van der Waals surface area contributed by atoms with Crippen LogP contribution in [0.5, 0.6) is 0 Å². The summed E-state index contributed by atoms with van der Waals surface area (Å²) >= 11 is 0. The van der Waals surface area contributed by atoms with Gasteiger partial charge in [0.2, 0.25) is 0 Å². The van der Waals surface area contributed by atoms with Gasteiger partial charge in [0, 0.05) is 14.1 Å². The van der Waals surface area contributed by atoms with Crippen LogP contribution in [0.2, 0.25) is 0 Å². The minimum atomic E-state index is -0.625. The molecule has 3 heteroatoms. The van der Waals surface area contributed by atoms with Gasteiger partial charge in [0.1, 0.15) is 0 Å². The number of nitrogens with zero attached hydrogens (tertiary/aromatic N) is 1. The maximum absolute atomic E-state index is 10.0. The predicted octanol–water partition coefficient (Wildman–Crippen LogP) is -0.816. The number of likely N-dealkylation sites (N-methyl/N-ethyl adjacent to an activating group) is 1. The Morgan fingerprint density at radius 3 is 2.00 bits per heavy atom. The number of hydrogen-bond acceptors (Lipinski definition) is 2.